The number of piperidine rings is 1. The topological polar surface area (TPSA) is 120 Å². The standard InChI is InChI=1S/C30H31N5O4/c1-39-29-22(5-2-12-31-29)20-9-11-26(36)23(14-20)27-33-24-10-8-21(15-25(24)34-27)28(37)32-16-18-4-3-13-35(17-18)30(38)19-6-7-19/h2,5,8-12,14-15,18-19,36H,3-4,6-7,13,16-17H2,1H3,(H,32,37)(H,33,34). The molecule has 6 rings (SSSR count). The van der Waals surface area contributed by atoms with Gasteiger partial charge in [-0.2, -0.15) is 0 Å². The van der Waals surface area contributed by atoms with Crippen LogP contribution >= 0.6 is 0 Å². The number of aromatic hydroxyl groups is 1. The Morgan fingerprint density at radius 1 is 1.13 bits per heavy atom. The van der Waals surface area contributed by atoms with Crippen molar-refractivity contribution in [2.45, 2.75) is 25.7 Å². The van der Waals surface area contributed by atoms with Crippen LogP contribution in [0.3, 0.4) is 0 Å². The monoisotopic (exact) mass is 525 g/mol. The molecule has 3 N–H and O–H groups in total. The number of phenols is 1. The van der Waals surface area contributed by atoms with Crippen molar-refractivity contribution in [2.75, 3.05) is 26.7 Å². The molecule has 2 aromatic heterocycles. The van der Waals surface area contributed by atoms with Crippen LogP contribution in [0.2, 0.25) is 0 Å². The van der Waals surface area contributed by atoms with E-state index in [9.17, 15) is 14.7 Å². The number of aromatic nitrogens is 3. The number of hydrogen-bond acceptors (Lipinski definition) is 6. The minimum atomic E-state index is -0.160. The van der Waals surface area contributed by atoms with Crippen LogP contribution in [0.5, 0.6) is 11.6 Å². The fraction of sp³-hybridized carbons (Fsp3) is 0.333. The zero-order valence-electron chi connectivity index (χ0n) is 21.8. The maximum absolute atomic E-state index is 13.0. The molecule has 200 valence electrons. The Hall–Kier alpha value is -4.40. The number of methoxy groups -OCH3 is 1. The first kappa shape index (κ1) is 24.9. The Labute approximate surface area is 226 Å². The number of imidazole rings is 1. The quantitative estimate of drug-likeness (QED) is 0.329. The molecular weight excluding hydrogens is 494 g/mol. The lowest BCUT2D eigenvalue weighted by molar-refractivity contribution is -0.134. The van der Waals surface area contributed by atoms with E-state index in [-0.39, 0.29) is 29.4 Å². The van der Waals surface area contributed by atoms with Crippen molar-refractivity contribution in [3.8, 4) is 34.1 Å². The van der Waals surface area contributed by atoms with Crippen LogP contribution < -0.4 is 10.1 Å². The van der Waals surface area contributed by atoms with E-state index in [4.69, 9.17) is 4.74 Å². The highest BCUT2D eigenvalue weighted by atomic mass is 16.5. The summed E-state index contributed by atoms with van der Waals surface area (Å²) < 4.78 is 5.39. The van der Waals surface area contributed by atoms with Crippen molar-refractivity contribution >= 4 is 22.8 Å². The van der Waals surface area contributed by atoms with Gasteiger partial charge in [0.25, 0.3) is 5.91 Å². The third-order valence-electron chi connectivity index (χ3n) is 7.58. The largest absolute Gasteiger partial charge is 0.507 e. The molecule has 0 spiro atoms. The second kappa shape index (κ2) is 10.4. The molecule has 1 unspecified atom stereocenters. The smallest absolute Gasteiger partial charge is 0.251 e. The maximum Gasteiger partial charge on any atom is 0.251 e. The van der Waals surface area contributed by atoms with Gasteiger partial charge in [-0.25, -0.2) is 9.97 Å². The lowest BCUT2D eigenvalue weighted by Crippen LogP contribution is -2.44. The Bertz CT molecular complexity index is 1540. The molecule has 2 amide bonds. The molecule has 0 radical (unpaired) electrons. The van der Waals surface area contributed by atoms with Gasteiger partial charge in [0.15, 0.2) is 0 Å². The normalized spacial score (nSPS) is 17.3. The molecule has 1 aliphatic carbocycles. The first-order valence-corrected chi connectivity index (χ1v) is 13.4. The fourth-order valence-electron chi connectivity index (χ4n) is 5.30. The van der Waals surface area contributed by atoms with Gasteiger partial charge in [0.05, 0.1) is 23.7 Å². The molecule has 0 bridgehead atoms. The van der Waals surface area contributed by atoms with E-state index in [0.29, 0.717) is 47.0 Å². The number of benzene rings is 2. The van der Waals surface area contributed by atoms with Crippen LogP contribution in [0.4, 0.5) is 0 Å². The van der Waals surface area contributed by atoms with E-state index in [0.717, 1.165) is 43.4 Å². The SMILES string of the molecule is COc1ncccc1-c1ccc(O)c(-c2nc3ccc(C(=O)NCC4CCCN(C(=O)C5CC5)C4)cc3[nH]2)c1. The molecule has 9 nitrogen and oxygen atoms in total. The van der Waals surface area contributed by atoms with Crippen LogP contribution in [-0.4, -0.2) is 63.5 Å². The number of pyridine rings is 1. The van der Waals surface area contributed by atoms with E-state index >= 15 is 0 Å². The van der Waals surface area contributed by atoms with E-state index in [2.05, 4.69) is 20.3 Å². The minimum absolute atomic E-state index is 0.0836. The highest BCUT2D eigenvalue weighted by Gasteiger charge is 2.35. The van der Waals surface area contributed by atoms with Crippen LogP contribution in [0.25, 0.3) is 33.5 Å². The van der Waals surface area contributed by atoms with E-state index < -0.39 is 0 Å². The van der Waals surface area contributed by atoms with Gasteiger partial charge < -0.3 is 25.0 Å². The second-order valence-electron chi connectivity index (χ2n) is 10.4. The van der Waals surface area contributed by atoms with E-state index in [1.807, 2.05) is 23.1 Å². The van der Waals surface area contributed by atoms with Crippen molar-refractivity contribution in [2.24, 2.45) is 11.8 Å². The number of nitrogens with zero attached hydrogens (tertiary/aromatic N) is 3. The molecule has 39 heavy (non-hydrogen) atoms. The van der Waals surface area contributed by atoms with E-state index in [1.165, 1.54) is 0 Å². The van der Waals surface area contributed by atoms with Crippen LogP contribution in [-0.2, 0) is 4.79 Å². The molecule has 2 aliphatic rings. The number of amides is 2. The summed E-state index contributed by atoms with van der Waals surface area (Å²) in [5.74, 6) is 1.68. The van der Waals surface area contributed by atoms with Gasteiger partial charge in [0, 0.05) is 42.9 Å². The number of nitrogens with one attached hydrogen (secondary N) is 2. The summed E-state index contributed by atoms with van der Waals surface area (Å²) in [5.41, 5.74) is 4.07. The van der Waals surface area contributed by atoms with Gasteiger partial charge >= 0.3 is 0 Å². The van der Waals surface area contributed by atoms with Gasteiger partial charge in [0.2, 0.25) is 11.8 Å². The summed E-state index contributed by atoms with van der Waals surface area (Å²) in [6, 6.07) is 14.3. The minimum Gasteiger partial charge on any atom is -0.507 e. The summed E-state index contributed by atoms with van der Waals surface area (Å²) in [5, 5.41) is 13.7. The van der Waals surface area contributed by atoms with Crippen molar-refractivity contribution in [1.82, 2.24) is 25.2 Å². The average molecular weight is 526 g/mol. The predicted molar refractivity (Wildman–Crippen MR) is 147 cm³/mol. The number of aromatic amines is 1. The third-order valence-corrected chi connectivity index (χ3v) is 7.58. The van der Waals surface area contributed by atoms with Gasteiger partial charge in [-0.15, -0.1) is 0 Å². The van der Waals surface area contributed by atoms with Gasteiger partial charge in [0.1, 0.15) is 11.6 Å². The molecule has 3 heterocycles. The Morgan fingerprint density at radius 3 is 2.82 bits per heavy atom. The van der Waals surface area contributed by atoms with Crippen LogP contribution in [0.15, 0.2) is 54.7 Å². The number of ether oxygens (including phenoxy) is 1. The second-order valence-corrected chi connectivity index (χ2v) is 10.4. The Morgan fingerprint density at radius 2 is 2.00 bits per heavy atom. The first-order valence-electron chi connectivity index (χ1n) is 13.4. The van der Waals surface area contributed by atoms with E-state index in [1.54, 1.807) is 43.6 Å². The molecule has 1 saturated heterocycles. The zero-order valence-corrected chi connectivity index (χ0v) is 21.8. The summed E-state index contributed by atoms with van der Waals surface area (Å²) >= 11 is 0. The van der Waals surface area contributed by atoms with Crippen molar-refractivity contribution in [1.29, 1.82) is 0 Å². The number of carbonyl (C=O) groups is 2. The molecule has 1 saturated carbocycles. The maximum atomic E-state index is 13.0. The van der Waals surface area contributed by atoms with Gasteiger partial charge in [-0.3, -0.25) is 9.59 Å². The molecule has 4 aromatic rings. The predicted octanol–water partition coefficient (Wildman–Crippen LogP) is 4.38. The summed E-state index contributed by atoms with van der Waals surface area (Å²) in [6.45, 7) is 2.08. The lowest BCUT2D eigenvalue weighted by Gasteiger charge is -2.33. The third kappa shape index (κ3) is 5.16. The molecular formula is C30H31N5O4. The number of carbonyl (C=O) groups excluding carboxylic acids is 2. The zero-order chi connectivity index (χ0) is 26.9. The average Bonchev–Trinajstić information content (AvgIpc) is 3.74. The van der Waals surface area contributed by atoms with Gasteiger partial charge in [-0.1, -0.05) is 6.07 Å². The number of likely N-dealkylation sites (tertiary alicyclic amines) is 1. The number of H-pyrrole nitrogens is 1. The molecule has 1 aliphatic heterocycles. The van der Waals surface area contributed by atoms with Crippen molar-refractivity contribution < 1.29 is 19.4 Å². The molecule has 2 fully saturated rings. The van der Waals surface area contributed by atoms with Crippen molar-refractivity contribution in [3.63, 3.8) is 0 Å². The van der Waals surface area contributed by atoms with Crippen molar-refractivity contribution in [3.05, 3.63) is 60.3 Å². The van der Waals surface area contributed by atoms with Crippen LogP contribution in [0, 0.1) is 11.8 Å². The number of phenolic OH excluding ortho intramolecular Hbond substituents is 1. The van der Waals surface area contributed by atoms with Gasteiger partial charge in [-0.05, 0) is 79.6 Å². The molecule has 2 aromatic carbocycles. The first-order chi connectivity index (χ1) is 19.0. The lowest BCUT2D eigenvalue weighted by atomic mass is 9.97. The molecule has 9 heteroatoms. The molecule has 1 atom stereocenters. The summed E-state index contributed by atoms with van der Waals surface area (Å²) in [7, 11) is 1.57. The summed E-state index contributed by atoms with van der Waals surface area (Å²) in [6.07, 6.45) is 5.67. The highest BCUT2D eigenvalue weighted by molar-refractivity contribution is 5.97. The Kier molecular flexibility index (Phi) is 6.64. The number of hydrogen-bond donors (Lipinski definition) is 3. The highest BCUT2D eigenvalue weighted by Crippen LogP contribution is 2.36. The fourth-order valence-corrected chi connectivity index (χ4v) is 5.30. The number of fused-ring (bicyclic) bond motifs is 1. The Balaban J connectivity index is 1.17. The summed E-state index contributed by atoms with van der Waals surface area (Å²) in [4.78, 5) is 39.6. The number of rotatable bonds is 7. The van der Waals surface area contributed by atoms with Crippen LogP contribution in [0.1, 0.15) is 36.0 Å².